The third-order valence-corrected chi connectivity index (χ3v) is 1.70. The number of hydrogen-bond donors (Lipinski definition) is 2. The van der Waals surface area contributed by atoms with Crippen LogP contribution >= 0.6 is 0 Å². The molecule has 100 valence electrons. The minimum absolute atomic E-state index is 0.294. The van der Waals surface area contributed by atoms with Gasteiger partial charge in [0.25, 0.3) is 0 Å². The Morgan fingerprint density at radius 1 is 1.41 bits per heavy atom. The van der Waals surface area contributed by atoms with E-state index in [2.05, 4.69) is 10.5 Å². The smallest absolute Gasteiger partial charge is 0.407 e. The fraction of sp³-hybridized carbons (Fsp3) is 0.818. The van der Waals surface area contributed by atoms with Crippen molar-refractivity contribution in [3.63, 3.8) is 0 Å². The molecule has 1 amide bonds. The van der Waals surface area contributed by atoms with Gasteiger partial charge in [-0.25, -0.2) is 4.79 Å². The Morgan fingerprint density at radius 3 is 2.53 bits per heavy atom. The first-order chi connectivity index (χ1) is 7.89. The van der Waals surface area contributed by atoms with Crippen LogP contribution in [0.3, 0.4) is 0 Å². The minimum atomic E-state index is -0.488. The number of rotatable bonds is 6. The maximum Gasteiger partial charge on any atom is 0.407 e. The molecule has 6 nitrogen and oxygen atoms in total. The van der Waals surface area contributed by atoms with E-state index >= 15 is 0 Å². The molecule has 0 heterocycles. The highest BCUT2D eigenvalue weighted by Gasteiger charge is 2.15. The summed E-state index contributed by atoms with van der Waals surface area (Å²) < 4.78 is 5.05. The number of ether oxygens (including phenoxy) is 1. The fourth-order valence-electron chi connectivity index (χ4n) is 0.896. The number of carbonyl (C=O) groups is 1. The summed E-state index contributed by atoms with van der Waals surface area (Å²) in [6, 6.07) is 0. The van der Waals surface area contributed by atoms with E-state index in [1.165, 1.54) is 0 Å². The molecule has 0 saturated heterocycles. The van der Waals surface area contributed by atoms with Crippen molar-refractivity contribution in [2.75, 3.05) is 19.7 Å². The standard InChI is InChI=1S/C11H23N3O3/c1-5-9(8-12)14-16-7-6-13-10(15)17-11(2,3)4/h5-8,12H2,1-4H3,(H,13,15)/b14-9+. The molecule has 0 atom stereocenters. The second-order valence-corrected chi connectivity index (χ2v) is 4.48. The van der Waals surface area contributed by atoms with E-state index in [0.717, 1.165) is 12.1 Å². The van der Waals surface area contributed by atoms with E-state index in [1.54, 1.807) is 0 Å². The monoisotopic (exact) mass is 245 g/mol. The van der Waals surface area contributed by atoms with Crippen molar-refractivity contribution in [3.8, 4) is 0 Å². The van der Waals surface area contributed by atoms with Crippen LogP contribution < -0.4 is 11.1 Å². The maximum absolute atomic E-state index is 11.2. The molecule has 0 radical (unpaired) electrons. The Morgan fingerprint density at radius 2 is 2.06 bits per heavy atom. The first kappa shape index (κ1) is 15.7. The Balaban J connectivity index is 3.65. The van der Waals surface area contributed by atoms with Gasteiger partial charge in [0.15, 0.2) is 0 Å². The number of oxime groups is 1. The topological polar surface area (TPSA) is 85.9 Å². The summed E-state index contributed by atoms with van der Waals surface area (Å²) >= 11 is 0. The zero-order valence-electron chi connectivity index (χ0n) is 11.1. The molecular weight excluding hydrogens is 222 g/mol. The third kappa shape index (κ3) is 9.62. The first-order valence-electron chi connectivity index (χ1n) is 5.73. The molecule has 0 unspecified atom stereocenters. The molecule has 6 heteroatoms. The molecule has 0 spiro atoms. The predicted octanol–water partition coefficient (Wildman–Crippen LogP) is 1.25. The molecule has 0 aromatic heterocycles. The van der Waals surface area contributed by atoms with Crippen molar-refractivity contribution in [2.45, 2.75) is 39.7 Å². The number of nitrogens with one attached hydrogen (secondary N) is 1. The average Bonchev–Trinajstić information content (AvgIpc) is 2.21. The van der Waals surface area contributed by atoms with E-state index in [9.17, 15) is 4.79 Å². The lowest BCUT2D eigenvalue weighted by Gasteiger charge is -2.19. The van der Waals surface area contributed by atoms with Crippen LogP contribution in [-0.2, 0) is 9.57 Å². The lowest BCUT2D eigenvalue weighted by molar-refractivity contribution is 0.0501. The van der Waals surface area contributed by atoms with E-state index in [1.807, 2.05) is 27.7 Å². The van der Waals surface area contributed by atoms with E-state index in [-0.39, 0.29) is 0 Å². The van der Waals surface area contributed by atoms with Crippen molar-refractivity contribution in [2.24, 2.45) is 10.9 Å². The van der Waals surface area contributed by atoms with E-state index < -0.39 is 11.7 Å². The van der Waals surface area contributed by atoms with Crippen molar-refractivity contribution in [3.05, 3.63) is 0 Å². The Labute approximate surface area is 103 Å². The van der Waals surface area contributed by atoms with Gasteiger partial charge in [-0.3, -0.25) is 0 Å². The Bertz CT molecular complexity index is 253. The molecule has 17 heavy (non-hydrogen) atoms. The summed E-state index contributed by atoms with van der Waals surface area (Å²) in [5.41, 5.74) is 5.72. The molecule has 3 N–H and O–H groups in total. The van der Waals surface area contributed by atoms with Crippen LogP contribution in [0.15, 0.2) is 5.16 Å². The van der Waals surface area contributed by atoms with Gasteiger partial charge >= 0.3 is 6.09 Å². The lowest BCUT2D eigenvalue weighted by atomic mass is 10.2. The summed E-state index contributed by atoms with van der Waals surface area (Å²) in [4.78, 5) is 16.2. The van der Waals surface area contributed by atoms with Crippen LogP contribution in [0.5, 0.6) is 0 Å². The van der Waals surface area contributed by atoms with Gasteiger partial charge in [0.1, 0.15) is 12.2 Å². The number of nitrogens with two attached hydrogens (primary N) is 1. The maximum atomic E-state index is 11.2. The molecular formula is C11H23N3O3. The molecule has 0 aliphatic heterocycles. The SMILES string of the molecule is CC/C(CN)=N\OCCNC(=O)OC(C)(C)C. The van der Waals surface area contributed by atoms with Crippen molar-refractivity contribution in [1.82, 2.24) is 5.32 Å². The van der Waals surface area contributed by atoms with Crippen molar-refractivity contribution < 1.29 is 14.4 Å². The molecule has 0 aliphatic carbocycles. The van der Waals surface area contributed by atoms with Gasteiger partial charge in [-0.15, -0.1) is 0 Å². The van der Waals surface area contributed by atoms with Crippen LogP contribution in [0.25, 0.3) is 0 Å². The van der Waals surface area contributed by atoms with Gasteiger partial charge < -0.3 is 20.6 Å². The zero-order chi connectivity index (χ0) is 13.3. The van der Waals surface area contributed by atoms with Gasteiger partial charge in [0, 0.05) is 6.54 Å². The van der Waals surface area contributed by atoms with Crippen molar-refractivity contribution in [1.29, 1.82) is 0 Å². The normalized spacial score (nSPS) is 12.2. The lowest BCUT2D eigenvalue weighted by Crippen LogP contribution is -2.34. The average molecular weight is 245 g/mol. The molecule has 0 rings (SSSR count). The van der Waals surface area contributed by atoms with E-state index in [0.29, 0.717) is 19.7 Å². The highest BCUT2D eigenvalue weighted by atomic mass is 16.6. The summed E-state index contributed by atoms with van der Waals surface area (Å²) in [6.07, 6.45) is 0.301. The fourth-order valence-corrected chi connectivity index (χ4v) is 0.896. The second kappa shape index (κ2) is 7.89. The highest BCUT2D eigenvalue weighted by Crippen LogP contribution is 2.05. The van der Waals surface area contributed by atoms with Crippen LogP contribution in [0.2, 0.25) is 0 Å². The molecule has 0 saturated carbocycles. The molecule has 0 fully saturated rings. The molecule has 0 bridgehead atoms. The van der Waals surface area contributed by atoms with Crippen LogP contribution in [0, 0.1) is 0 Å². The Kier molecular flexibility index (Phi) is 7.29. The van der Waals surface area contributed by atoms with Crippen molar-refractivity contribution >= 4 is 11.8 Å². The van der Waals surface area contributed by atoms with Gasteiger partial charge in [0.05, 0.1) is 12.3 Å². The summed E-state index contributed by atoms with van der Waals surface area (Å²) in [5.74, 6) is 0. The predicted molar refractivity (Wildman–Crippen MR) is 67.0 cm³/mol. The van der Waals surface area contributed by atoms with Gasteiger partial charge in [-0.05, 0) is 27.2 Å². The number of alkyl carbamates (subject to hydrolysis) is 1. The molecule has 0 aliphatic rings. The molecule has 0 aromatic rings. The highest BCUT2D eigenvalue weighted by molar-refractivity contribution is 5.85. The van der Waals surface area contributed by atoms with Gasteiger partial charge in [-0.2, -0.15) is 0 Å². The third-order valence-electron chi connectivity index (χ3n) is 1.70. The van der Waals surface area contributed by atoms with Crippen LogP contribution in [-0.4, -0.2) is 37.1 Å². The number of hydrogen-bond acceptors (Lipinski definition) is 5. The summed E-state index contributed by atoms with van der Waals surface area (Å²) in [7, 11) is 0. The second-order valence-electron chi connectivity index (χ2n) is 4.48. The number of carbonyl (C=O) groups excluding carboxylic acids is 1. The van der Waals surface area contributed by atoms with E-state index in [4.69, 9.17) is 15.3 Å². The number of nitrogens with zero attached hydrogens (tertiary/aromatic N) is 1. The summed E-state index contributed by atoms with van der Waals surface area (Å²) in [6.45, 7) is 8.40. The number of amides is 1. The molecule has 0 aromatic carbocycles. The van der Waals surface area contributed by atoms with Gasteiger partial charge in [-0.1, -0.05) is 12.1 Å². The first-order valence-corrected chi connectivity index (χ1v) is 5.73. The van der Waals surface area contributed by atoms with Crippen LogP contribution in [0.4, 0.5) is 4.79 Å². The zero-order valence-corrected chi connectivity index (χ0v) is 11.1. The Hall–Kier alpha value is -1.30. The summed E-state index contributed by atoms with van der Waals surface area (Å²) in [5, 5.41) is 6.39. The van der Waals surface area contributed by atoms with Crippen LogP contribution in [0.1, 0.15) is 34.1 Å². The minimum Gasteiger partial charge on any atom is -0.444 e. The van der Waals surface area contributed by atoms with Gasteiger partial charge in [0.2, 0.25) is 0 Å². The quantitative estimate of drug-likeness (QED) is 0.419. The largest absolute Gasteiger partial charge is 0.444 e.